The van der Waals surface area contributed by atoms with E-state index in [-0.39, 0.29) is 17.9 Å². The first-order chi connectivity index (χ1) is 8.31. The number of amides is 1. The summed E-state index contributed by atoms with van der Waals surface area (Å²) in [5.74, 6) is 0.0262. The maximum absolute atomic E-state index is 12.1. The van der Waals surface area contributed by atoms with Gasteiger partial charge in [0, 0.05) is 6.54 Å². The van der Waals surface area contributed by atoms with E-state index in [2.05, 4.69) is 23.2 Å². The van der Waals surface area contributed by atoms with Gasteiger partial charge in [-0.2, -0.15) is 0 Å². The van der Waals surface area contributed by atoms with Gasteiger partial charge in [-0.15, -0.1) is 0 Å². The van der Waals surface area contributed by atoms with Crippen molar-refractivity contribution < 1.29 is 9.53 Å². The second-order valence-corrected chi connectivity index (χ2v) is 4.50. The quantitative estimate of drug-likeness (QED) is 0.797. The number of hydrogen-bond acceptors (Lipinski definition) is 3. The summed E-state index contributed by atoms with van der Waals surface area (Å²) in [4.78, 5) is 14.4. The molecule has 0 aliphatic carbocycles. The SMILES string of the molecule is CCN1c2ccccc2NC(=O)C2COCC21. The Hall–Kier alpha value is -1.55. The third-order valence-electron chi connectivity index (χ3n) is 3.60. The fraction of sp³-hybridized carbons (Fsp3) is 0.462. The minimum Gasteiger partial charge on any atom is -0.378 e. The number of fused-ring (bicyclic) bond motifs is 2. The van der Waals surface area contributed by atoms with E-state index < -0.39 is 0 Å². The van der Waals surface area contributed by atoms with Gasteiger partial charge < -0.3 is 15.0 Å². The zero-order chi connectivity index (χ0) is 11.8. The molecule has 1 aromatic rings. The molecule has 90 valence electrons. The Kier molecular flexibility index (Phi) is 2.52. The number of carbonyl (C=O) groups excluding carboxylic acids is 1. The van der Waals surface area contributed by atoms with Crippen molar-refractivity contribution in [1.29, 1.82) is 0 Å². The lowest BCUT2D eigenvalue weighted by molar-refractivity contribution is -0.120. The van der Waals surface area contributed by atoms with Crippen LogP contribution >= 0.6 is 0 Å². The molecule has 2 aliphatic rings. The molecule has 0 radical (unpaired) electrons. The van der Waals surface area contributed by atoms with Crippen molar-refractivity contribution in [2.75, 3.05) is 30.0 Å². The molecule has 0 saturated carbocycles. The Morgan fingerprint density at radius 2 is 2.24 bits per heavy atom. The molecular formula is C13H16N2O2. The molecule has 2 heterocycles. The van der Waals surface area contributed by atoms with Crippen LogP contribution in [0.25, 0.3) is 0 Å². The van der Waals surface area contributed by atoms with Gasteiger partial charge in [-0.25, -0.2) is 0 Å². The largest absolute Gasteiger partial charge is 0.378 e. The molecular weight excluding hydrogens is 216 g/mol. The maximum Gasteiger partial charge on any atom is 0.232 e. The van der Waals surface area contributed by atoms with Crippen molar-refractivity contribution in [3.05, 3.63) is 24.3 Å². The molecule has 1 N–H and O–H groups in total. The molecule has 17 heavy (non-hydrogen) atoms. The fourth-order valence-corrected chi connectivity index (χ4v) is 2.74. The number of rotatable bonds is 1. The van der Waals surface area contributed by atoms with Crippen LogP contribution < -0.4 is 10.2 Å². The van der Waals surface area contributed by atoms with Crippen molar-refractivity contribution in [2.45, 2.75) is 13.0 Å². The number of nitrogens with one attached hydrogen (secondary N) is 1. The molecule has 1 saturated heterocycles. The van der Waals surface area contributed by atoms with Crippen LogP contribution in [0.1, 0.15) is 6.92 Å². The Morgan fingerprint density at radius 1 is 1.41 bits per heavy atom. The Balaban J connectivity index is 2.08. The van der Waals surface area contributed by atoms with E-state index in [1.54, 1.807) is 0 Å². The predicted octanol–water partition coefficient (Wildman–Crippen LogP) is 1.48. The monoisotopic (exact) mass is 232 g/mol. The van der Waals surface area contributed by atoms with E-state index in [0.29, 0.717) is 13.2 Å². The van der Waals surface area contributed by atoms with Crippen LogP contribution in [-0.4, -0.2) is 31.7 Å². The molecule has 3 rings (SSSR count). The van der Waals surface area contributed by atoms with Crippen molar-refractivity contribution in [2.24, 2.45) is 5.92 Å². The summed E-state index contributed by atoms with van der Waals surface area (Å²) < 4.78 is 5.46. The number of carbonyl (C=O) groups is 1. The van der Waals surface area contributed by atoms with Gasteiger partial charge in [0.2, 0.25) is 5.91 Å². The molecule has 1 aromatic carbocycles. The van der Waals surface area contributed by atoms with Gasteiger partial charge in [0.1, 0.15) is 0 Å². The first-order valence-corrected chi connectivity index (χ1v) is 6.05. The van der Waals surface area contributed by atoms with Crippen molar-refractivity contribution in [3.63, 3.8) is 0 Å². The molecule has 2 aliphatic heterocycles. The van der Waals surface area contributed by atoms with E-state index >= 15 is 0 Å². The molecule has 1 fully saturated rings. The van der Waals surface area contributed by atoms with Crippen LogP contribution in [0.4, 0.5) is 11.4 Å². The molecule has 4 heteroatoms. The Morgan fingerprint density at radius 3 is 3.06 bits per heavy atom. The summed E-state index contributed by atoms with van der Waals surface area (Å²) in [7, 11) is 0. The zero-order valence-electron chi connectivity index (χ0n) is 9.85. The van der Waals surface area contributed by atoms with E-state index in [1.165, 1.54) is 0 Å². The van der Waals surface area contributed by atoms with Gasteiger partial charge >= 0.3 is 0 Å². The normalized spacial score (nSPS) is 27.1. The number of likely N-dealkylation sites (N-methyl/N-ethyl adjacent to an activating group) is 1. The van der Waals surface area contributed by atoms with Gasteiger partial charge in [-0.1, -0.05) is 12.1 Å². The van der Waals surface area contributed by atoms with E-state index in [1.807, 2.05) is 18.2 Å². The average Bonchev–Trinajstić information content (AvgIpc) is 2.77. The van der Waals surface area contributed by atoms with E-state index in [4.69, 9.17) is 4.74 Å². The Bertz CT molecular complexity index is 447. The zero-order valence-corrected chi connectivity index (χ0v) is 9.85. The van der Waals surface area contributed by atoms with Crippen molar-refractivity contribution in [3.8, 4) is 0 Å². The third kappa shape index (κ3) is 1.60. The molecule has 2 unspecified atom stereocenters. The summed E-state index contributed by atoms with van der Waals surface area (Å²) in [6, 6.07) is 8.13. The molecule has 2 atom stereocenters. The predicted molar refractivity (Wildman–Crippen MR) is 66.2 cm³/mol. The topological polar surface area (TPSA) is 41.6 Å². The third-order valence-corrected chi connectivity index (χ3v) is 3.60. The molecule has 1 amide bonds. The summed E-state index contributed by atoms with van der Waals surface area (Å²) in [5.41, 5.74) is 2.01. The summed E-state index contributed by atoms with van der Waals surface area (Å²) >= 11 is 0. The van der Waals surface area contributed by atoms with Crippen LogP contribution in [-0.2, 0) is 9.53 Å². The lowest BCUT2D eigenvalue weighted by atomic mass is 10.0. The number of ether oxygens (including phenoxy) is 1. The number of benzene rings is 1. The maximum atomic E-state index is 12.1. The number of para-hydroxylation sites is 2. The highest BCUT2D eigenvalue weighted by molar-refractivity contribution is 5.98. The standard InChI is InChI=1S/C13H16N2O2/c1-2-15-11-6-4-3-5-10(11)14-13(16)9-7-17-8-12(9)15/h3-6,9,12H,2,7-8H2,1H3,(H,14,16). The highest BCUT2D eigenvalue weighted by Gasteiger charge is 2.40. The summed E-state index contributed by atoms with van der Waals surface area (Å²) in [5, 5.41) is 3.00. The highest BCUT2D eigenvalue weighted by Crippen LogP contribution is 2.35. The Labute approximate surface area is 101 Å². The van der Waals surface area contributed by atoms with Crippen LogP contribution in [0.15, 0.2) is 24.3 Å². The van der Waals surface area contributed by atoms with E-state index in [9.17, 15) is 4.79 Å². The average molecular weight is 232 g/mol. The van der Waals surface area contributed by atoms with Crippen LogP contribution in [0.2, 0.25) is 0 Å². The second-order valence-electron chi connectivity index (χ2n) is 4.50. The highest BCUT2D eigenvalue weighted by atomic mass is 16.5. The van der Waals surface area contributed by atoms with Gasteiger partial charge in [-0.05, 0) is 19.1 Å². The number of nitrogens with zero attached hydrogens (tertiary/aromatic N) is 1. The minimum absolute atomic E-state index is 0.0534. The van der Waals surface area contributed by atoms with Gasteiger partial charge in [0.25, 0.3) is 0 Å². The minimum atomic E-state index is -0.0534. The van der Waals surface area contributed by atoms with Crippen LogP contribution in [0.5, 0.6) is 0 Å². The number of anilines is 2. The number of hydrogen-bond donors (Lipinski definition) is 1. The first kappa shape index (κ1) is 10.6. The summed E-state index contributed by atoms with van der Waals surface area (Å²) in [6.07, 6.45) is 0. The van der Waals surface area contributed by atoms with Gasteiger partial charge in [0.05, 0.1) is 36.5 Å². The lowest BCUT2D eigenvalue weighted by Crippen LogP contribution is -2.42. The summed E-state index contributed by atoms with van der Waals surface area (Å²) in [6.45, 7) is 4.17. The fourth-order valence-electron chi connectivity index (χ4n) is 2.74. The van der Waals surface area contributed by atoms with Crippen molar-refractivity contribution >= 4 is 17.3 Å². The molecule has 0 aromatic heterocycles. The smallest absolute Gasteiger partial charge is 0.232 e. The molecule has 4 nitrogen and oxygen atoms in total. The first-order valence-electron chi connectivity index (χ1n) is 6.05. The van der Waals surface area contributed by atoms with E-state index in [0.717, 1.165) is 17.9 Å². The van der Waals surface area contributed by atoms with Gasteiger partial charge in [-0.3, -0.25) is 4.79 Å². The van der Waals surface area contributed by atoms with Crippen LogP contribution in [0.3, 0.4) is 0 Å². The second kappa shape index (κ2) is 4.04. The lowest BCUT2D eigenvalue weighted by Gasteiger charge is -2.30. The van der Waals surface area contributed by atoms with Gasteiger partial charge in [0.15, 0.2) is 0 Å². The molecule has 0 bridgehead atoms. The van der Waals surface area contributed by atoms with Crippen molar-refractivity contribution in [1.82, 2.24) is 0 Å². The molecule has 0 spiro atoms. The van der Waals surface area contributed by atoms with Crippen LogP contribution in [0, 0.1) is 5.92 Å².